The third kappa shape index (κ3) is 3.30. The van der Waals surface area contributed by atoms with Gasteiger partial charge in [-0.15, -0.1) is 0 Å². The van der Waals surface area contributed by atoms with Gasteiger partial charge in [0.1, 0.15) is 5.75 Å². The van der Waals surface area contributed by atoms with Crippen LogP contribution in [0.3, 0.4) is 0 Å². The van der Waals surface area contributed by atoms with Gasteiger partial charge >= 0.3 is 0 Å². The van der Waals surface area contributed by atoms with E-state index in [-0.39, 0.29) is 5.91 Å². The molecule has 6 heteroatoms. The van der Waals surface area contributed by atoms with Crippen LogP contribution >= 0.6 is 0 Å². The van der Waals surface area contributed by atoms with Gasteiger partial charge in [-0.1, -0.05) is 12.6 Å². The van der Waals surface area contributed by atoms with E-state index in [1.54, 1.807) is 24.3 Å². The van der Waals surface area contributed by atoms with Crippen molar-refractivity contribution < 1.29 is 14.3 Å². The fourth-order valence-corrected chi connectivity index (χ4v) is 1.79. The number of benzene rings is 1. The van der Waals surface area contributed by atoms with Crippen molar-refractivity contribution in [2.45, 2.75) is 12.6 Å². The minimum atomic E-state index is -0.761. The van der Waals surface area contributed by atoms with E-state index in [0.29, 0.717) is 35.9 Å². The molecule has 1 aromatic rings. The molecule has 0 aliphatic carbocycles. The van der Waals surface area contributed by atoms with Crippen LogP contribution in [0.4, 0.5) is 5.69 Å². The molecule has 0 fully saturated rings. The molecule has 1 amide bonds. The van der Waals surface area contributed by atoms with Crippen LogP contribution < -0.4 is 21.5 Å². The van der Waals surface area contributed by atoms with Crippen LogP contribution in [-0.4, -0.2) is 18.7 Å². The third-order valence-corrected chi connectivity index (χ3v) is 2.75. The Hall–Kier alpha value is -2.47. The number of hydrogen-bond acceptors (Lipinski definition) is 5. The molecule has 6 nitrogen and oxygen atoms in total. The lowest BCUT2D eigenvalue weighted by atomic mass is 10.3. The van der Waals surface area contributed by atoms with Crippen LogP contribution in [-0.2, 0) is 9.53 Å². The van der Waals surface area contributed by atoms with Gasteiger partial charge < -0.3 is 20.5 Å². The van der Waals surface area contributed by atoms with Crippen LogP contribution in [0.25, 0.3) is 0 Å². The molecule has 1 heterocycles. The van der Waals surface area contributed by atoms with Gasteiger partial charge in [0.2, 0.25) is 12.1 Å². The van der Waals surface area contributed by atoms with E-state index in [2.05, 4.69) is 11.9 Å². The largest absolute Gasteiger partial charge is 0.490 e. The number of carbonyl (C=O) groups is 1. The lowest BCUT2D eigenvalue weighted by molar-refractivity contribution is -0.111. The molecular weight excluding hydrogens is 258 g/mol. The number of hydrogen-bond donors (Lipinski definition) is 3. The number of anilines is 1. The van der Waals surface area contributed by atoms with E-state index in [1.165, 1.54) is 6.08 Å². The van der Waals surface area contributed by atoms with Crippen molar-refractivity contribution in [1.82, 2.24) is 0 Å². The van der Waals surface area contributed by atoms with Crippen molar-refractivity contribution in [2.75, 3.05) is 11.9 Å². The van der Waals surface area contributed by atoms with Gasteiger partial charge in [-0.05, 0) is 18.2 Å². The lowest BCUT2D eigenvalue weighted by Gasteiger charge is -2.16. The summed E-state index contributed by atoms with van der Waals surface area (Å²) in [5, 5.41) is 2.64. The predicted octanol–water partition coefficient (Wildman–Crippen LogP) is 1.07. The number of ether oxygens (including phenoxy) is 2. The van der Waals surface area contributed by atoms with Gasteiger partial charge in [-0.25, -0.2) is 0 Å². The van der Waals surface area contributed by atoms with Crippen LogP contribution in [0.2, 0.25) is 0 Å². The summed E-state index contributed by atoms with van der Waals surface area (Å²) in [5.74, 6) is 0.679. The quantitative estimate of drug-likeness (QED) is 0.551. The molecule has 1 atom stereocenters. The minimum absolute atomic E-state index is 0.294. The Morgan fingerprint density at radius 2 is 2.35 bits per heavy atom. The van der Waals surface area contributed by atoms with Gasteiger partial charge in [0.25, 0.3) is 0 Å². The Bertz CT molecular complexity index is 554. The van der Waals surface area contributed by atoms with Crippen molar-refractivity contribution in [3.05, 3.63) is 48.4 Å². The first-order valence-corrected chi connectivity index (χ1v) is 6.17. The molecule has 5 N–H and O–H groups in total. The van der Waals surface area contributed by atoms with E-state index in [1.807, 2.05) is 0 Å². The summed E-state index contributed by atoms with van der Waals surface area (Å²) in [7, 11) is 0. The number of amides is 1. The van der Waals surface area contributed by atoms with Crippen LogP contribution in [0.5, 0.6) is 5.75 Å². The SMILES string of the molecule is C=CC(=O)Nc1cccc(OC(N)C2=C(N)CCO2)c1. The highest BCUT2D eigenvalue weighted by Gasteiger charge is 2.21. The minimum Gasteiger partial charge on any atom is -0.490 e. The first-order chi connectivity index (χ1) is 9.60. The first-order valence-electron chi connectivity index (χ1n) is 6.17. The van der Waals surface area contributed by atoms with E-state index < -0.39 is 6.23 Å². The first kappa shape index (κ1) is 14.0. The number of nitrogens with two attached hydrogens (primary N) is 2. The Morgan fingerprint density at radius 3 is 3.00 bits per heavy atom. The Balaban J connectivity index is 2.06. The van der Waals surface area contributed by atoms with Crippen molar-refractivity contribution in [1.29, 1.82) is 0 Å². The molecule has 106 valence electrons. The molecule has 1 unspecified atom stereocenters. The topological polar surface area (TPSA) is 99.6 Å². The molecule has 1 aromatic carbocycles. The highest BCUT2D eigenvalue weighted by atomic mass is 16.5. The van der Waals surface area contributed by atoms with Crippen molar-refractivity contribution in [2.24, 2.45) is 11.5 Å². The molecule has 0 saturated heterocycles. The van der Waals surface area contributed by atoms with Crippen LogP contribution in [0.1, 0.15) is 6.42 Å². The molecule has 2 rings (SSSR count). The van der Waals surface area contributed by atoms with Gasteiger partial charge in [0, 0.05) is 18.2 Å². The molecule has 20 heavy (non-hydrogen) atoms. The summed E-state index contributed by atoms with van der Waals surface area (Å²) >= 11 is 0. The molecule has 0 radical (unpaired) electrons. The second kappa shape index (κ2) is 6.12. The smallest absolute Gasteiger partial charge is 0.247 e. The fraction of sp³-hybridized carbons (Fsp3) is 0.214. The van der Waals surface area contributed by atoms with Crippen LogP contribution in [0.15, 0.2) is 48.4 Å². The van der Waals surface area contributed by atoms with Crippen molar-refractivity contribution in [3.8, 4) is 5.75 Å². The van der Waals surface area contributed by atoms with Crippen LogP contribution in [0, 0.1) is 0 Å². The fourth-order valence-electron chi connectivity index (χ4n) is 1.79. The highest BCUT2D eigenvalue weighted by Crippen LogP contribution is 2.22. The predicted molar refractivity (Wildman–Crippen MR) is 75.7 cm³/mol. The molecule has 0 aromatic heterocycles. The van der Waals surface area contributed by atoms with Crippen molar-refractivity contribution >= 4 is 11.6 Å². The summed E-state index contributed by atoms with van der Waals surface area (Å²) in [6.45, 7) is 3.91. The molecular formula is C14H17N3O3. The normalized spacial score (nSPS) is 15.4. The molecule has 0 spiro atoms. The van der Waals surface area contributed by atoms with E-state index in [4.69, 9.17) is 20.9 Å². The summed E-state index contributed by atoms with van der Waals surface area (Å²) in [6.07, 6.45) is 1.08. The molecule has 0 bridgehead atoms. The standard InChI is InChI=1S/C14H17N3O3/c1-2-12(18)17-9-4-3-5-10(8-9)20-14(16)13-11(15)6-7-19-13/h2-5,8,14H,1,6-7,15-16H2,(H,17,18). The van der Waals surface area contributed by atoms with E-state index in [9.17, 15) is 4.79 Å². The average Bonchev–Trinajstić information content (AvgIpc) is 2.85. The maximum Gasteiger partial charge on any atom is 0.247 e. The van der Waals surface area contributed by atoms with Gasteiger partial charge in [-0.2, -0.15) is 0 Å². The number of carbonyl (C=O) groups excluding carboxylic acids is 1. The monoisotopic (exact) mass is 275 g/mol. The van der Waals surface area contributed by atoms with E-state index in [0.717, 1.165) is 0 Å². The highest BCUT2D eigenvalue weighted by molar-refractivity contribution is 5.98. The summed E-state index contributed by atoms with van der Waals surface area (Å²) in [4.78, 5) is 11.2. The zero-order chi connectivity index (χ0) is 14.5. The Morgan fingerprint density at radius 1 is 1.55 bits per heavy atom. The molecule has 1 aliphatic heterocycles. The molecule has 1 aliphatic rings. The maximum absolute atomic E-state index is 11.2. The summed E-state index contributed by atoms with van der Waals surface area (Å²) in [5.41, 5.74) is 12.9. The second-order valence-electron chi connectivity index (χ2n) is 4.25. The average molecular weight is 275 g/mol. The molecule has 0 saturated carbocycles. The number of nitrogens with one attached hydrogen (secondary N) is 1. The third-order valence-electron chi connectivity index (χ3n) is 2.75. The maximum atomic E-state index is 11.2. The zero-order valence-electron chi connectivity index (χ0n) is 11.0. The Kier molecular flexibility index (Phi) is 4.27. The number of rotatable bonds is 5. The van der Waals surface area contributed by atoms with Gasteiger partial charge in [0.05, 0.1) is 12.3 Å². The van der Waals surface area contributed by atoms with E-state index >= 15 is 0 Å². The van der Waals surface area contributed by atoms with Crippen molar-refractivity contribution in [3.63, 3.8) is 0 Å². The zero-order valence-corrected chi connectivity index (χ0v) is 11.0. The summed E-state index contributed by atoms with van der Waals surface area (Å²) in [6, 6.07) is 6.87. The van der Waals surface area contributed by atoms with Gasteiger partial charge in [-0.3, -0.25) is 10.5 Å². The second-order valence-corrected chi connectivity index (χ2v) is 4.25. The summed E-state index contributed by atoms with van der Waals surface area (Å²) < 4.78 is 10.9. The lowest BCUT2D eigenvalue weighted by Crippen LogP contribution is -2.31. The Labute approximate surface area is 117 Å². The van der Waals surface area contributed by atoms with Gasteiger partial charge in [0.15, 0.2) is 5.76 Å².